The van der Waals surface area contributed by atoms with Gasteiger partial charge in [-0.2, -0.15) is 5.10 Å². The SMILES string of the molecule is CNC(=O)c1nn(C)c2c1CC(N1CCCCCC1)CC2. The summed E-state index contributed by atoms with van der Waals surface area (Å²) in [6.07, 6.45) is 8.58. The van der Waals surface area contributed by atoms with Crippen LogP contribution in [-0.2, 0) is 19.9 Å². The Labute approximate surface area is 126 Å². The Hall–Kier alpha value is -1.36. The van der Waals surface area contributed by atoms with Gasteiger partial charge in [0.05, 0.1) is 0 Å². The molecular weight excluding hydrogens is 264 g/mol. The quantitative estimate of drug-likeness (QED) is 0.898. The summed E-state index contributed by atoms with van der Waals surface area (Å²) in [4.78, 5) is 14.7. The Morgan fingerprint density at radius 2 is 1.95 bits per heavy atom. The van der Waals surface area contributed by atoms with E-state index in [9.17, 15) is 4.79 Å². The second kappa shape index (κ2) is 6.18. The number of amides is 1. The molecule has 1 unspecified atom stereocenters. The molecule has 1 saturated heterocycles. The number of carbonyl (C=O) groups is 1. The molecule has 0 bridgehead atoms. The van der Waals surface area contributed by atoms with E-state index in [4.69, 9.17) is 0 Å². The van der Waals surface area contributed by atoms with E-state index in [1.165, 1.54) is 56.5 Å². The summed E-state index contributed by atoms with van der Waals surface area (Å²) in [6.45, 7) is 2.44. The summed E-state index contributed by atoms with van der Waals surface area (Å²) < 4.78 is 1.90. The third-order valence-electron chi connectivity index (χ3n) is 5.03. The summed E-state index contributed by atoms with van der Waals surface area (Å²) in [5.41, 5.74) is 3.06. The molecule has 2 aliphatic rings. The second-order valence-corrected chi connectivity index (χ2v) is 6.32. The van der Waals surface area contributed by atoms with Crippen molar-refractivity contribution in [3.63, 3.8) is 0 Å². The van der Waals surface area contributed by atoms with Gasteiger partial charge in [0.1, 0.15) is 0 Å². The molecule has 1 aliphatic heterocycles. The molecule has 5 heteroatoms. The van der Waals surface area contributed by atoms with E-state index < -0.39 is 0 Å². The monoisotopic (exact) mass is 290 g/mol. The van der Waals surface area contributed by atoms with Crippen LogP contribution < -0.4 is 5.32 Å². The van der Waals surface area contributed by atoms with Gasteiger partial charge < -0.3 is 10.2 Å². The summed E-state index contributed by atoms with van der Waals surface area (Å²) >= 11 is 0. The van der Waals surface area contributed by atoms with Crippen molar-refractivity contribution in [2.24, 2.45) is 7.05 Å². The third-order valence-corrected chi connectivity index (χ3v) is 5.03. The first-order valence-electron chi connectivity index (χ1n) is 8.21. The van der Waals surface area contributed by atoms with Crippen LogP contribution in [0.25, 0.3) is 0 Å². The number of fused-ring (bicyclic) bond motifs is 1. The Morgan fingerprint density at radius 3 is 2.62 bits per heavy atom. The molecule has 5 nitrogen and oxygen atoms in total. The van der Waals surface area contributed by atoms with Crippen molar-refractivity contribution < 1.29 is 4.79 Å². The van der Waals surface area contributed by atoms with Crippen LogP contribution in [0.2, 0.25) is 0 Å². The van der Waals surface area contributed by atoms with E-state index in [0.29, 0.717) is 11.7 Å². The van der Waals surface area contributed by atoms with Gasteiger partial charge >= 0.3 is 0 Å². The lowest BCUT2D eigenvalue weighted by Gasteiger charge is -2.33. The number of rotatable bonds is 2. The standard InChI is InChI=1S/C16H26N4O/c1-17-16(21)15-13-11-12(7-8-14(13)19(2)18-15)20-9-5-3-4-6-10-20/h12H,3-11H2,1-2H3,(H,17,21). The zero-order chi connectivity index (χ0) is 14.8. The molecule has 2 heterocycles. The normalized spacial score (nSPS) is 23.4. The fourth-order valence-corrected chi connectivity index (χ4v) is 3.84. The second-order valence-electron chi connectivity index (χ2n) is 6.32. The number of likely N-dealkylation sites (tertiary alicyclic amines) is 1. The lowest BCUT2D eigenvalue weighted by Crippen LogP contribution is -2.40. The number of aromatic nitrogens is 2. The average Bonchev–Trinajstić information content (AvgIpc) is 2.71. The van der Waals surface area contributed by atoms with Crippen molar-refractivity contribution in [2.75, 3.05) is 20.1 Å². The van der Waals surface area contributed by atoms with Gasteiger partial charge in [0, 0.05) is 31.4 Å². The van der Waals surface area contributed by atoms with Gasteiger partial charge in [0.2, 0.25) is 0 Å². The Morgan fingerprint density at radius 1 is 1.24 bits per heavy atom. The Bertz CT molecular complexity index is 515. The fourth-order valence-electron chi connectivity index (χ4n) is 3.84. The van der Waals surface area contributed by atoms with Gasteiger partial charge in [-0.3, -0.25) is 9.48 Å². The van der Waals surface area contributed by atoms with Crippen LogP contribution in [0.4, 0.5) is 0 Å². The first-order chi connectivity index (χ1) is 10.2. The molecule has 21 heavy (non-hydrogen) atoms. The molecule has 0 aromatic carbocycles. The molecule has 0 saturated carbocycles. The highest BCUT2D eigenvalue weighted by molar-refractivity contribution is 5.93. The van der Waals surface area contributed by atoms with E-state index in [2.05, 4.69) is 15.3 Å². The smallest absolute Gasteiger partial charge is 0.271 e. The number of hydrogen-bond donors (Lipinski definition) is 1. The van der Waals surface area contributed by atoms with E-state index >= 15 is 0 Å². The third kappa shape index (κ3) is 2.84. The lowest BCUT2D eigenvalue weighted by molar-refractivity contribution is 0.0955. The van der Waals surface area contributed by atoms with Gasteiger partial charge in [0.25, 0.3) is 5.91 Å². The minimum atomic E-state index is -0.0524. The van der Waals surface area contributed by atoms with Crippen LogP contribution in [0.15, 0.2) is 0 Å². The molecule has 1 aromatic rings. The van der Waals surface area contributed by atoms with Crippen molar-refractivity contribution in [3.8, 4) is 0 Å². The van der Waals surface area contributed by atoms with E-state index in [1.807, 2.05) is 11.7 Å². The first kappa shape index (κ1) is 14.6. The Balaban J connectivity index is 1.81. The number of carbonyl (C=O) groups excluding carboxylic acids is 1. The number of nitrogens with zero attached hydrogens (tertiary/aromatic N) is 3. The van der Waals surface area contributed by atoms with Gasteiger partial charge in [-0.05, 0) is 45.2 Å². The molecule has 0 radical (unpaired) electrons. The fraction of sp³-hybridized carbons (Fsp3) is 0.750. The van der Waals surface area contributed by atoms with Gasteiger partial charge in [-0.25, -0.2) is 0 Å². The highest BCUT2D eigenvalue weighted by Gasteiger charge is 2.30. The van der Waals surface area contributed by atoms with E-state index in [0.717, 1.165) is 12.8 Å². The maximum absolute atomic E-state index is 12.0. The lowest BCUT2D eigenvalue weighted by atomic mass is 9.90. The molecule has 1 fully saturated rings. The highest BCUT2D eigenvalue weighted by Crippen LogP contribution is 2.28. The predicted octanol–water partition coefficient (Wildman–Crippen LogP) is 1.51. The highest BCUT2D eigenvalue weighted by atomic mass is 16.1. The van der Waals surface area contributed by atoms with Crippen LogP contribution in [0, 0.1) is 0 Å². The molecule has 1 amide bonds. The van der Waals surface area contributed by atoms with Crippen molar-refractivity contribution in [1.82, 2.24) is 20.0 Å². The van der Waals surface area contributed by atoms with E-state index in [1.54, 1.807) is 7.05 Å². The van der Waals surface area contributed by atoms with Crippen molar-refractivity contribution in [3.05, 3.63) is 17.0 Å². The van der Waals surface area contributed by atoms with Gasteiger partial charge in [0.15, 0.2) is 5.69 Å². The minimum Gasteiger partial charge on any atom is -0.354 e. The molecule has 116 valence electrons. The van der Waals surface area contributed by atoms with Crippen LogP contribution >= 0.6 is 0 Å². The molecule has 1 aromatic heterocycles. The number of nitrogens with one attached hydrogen (secondary N) is 1. The molecule has 1 N–H and O–H groups in total. The van der Waals surface area contributed by atoms with E-state index in [-0.39, 0.29) is 5.91 Å². The van der Waals surface area contributed by atoms with Gasteiger partial charge in [-0.1, -0.05) is 12.8 Å². The average molecular weight is 290 g/mol. The maximum Gasteiger partial charge on any atom is 0.271 e. The summed E-state index contributed by atoms with van der Waals surface area (Å²) in [7, 11) is 3.63. The zero-order valence-electron chi connectivity index (χ0n) is 13.2. The summed E-state index contributed by atoms with van der Waals surface area (Å²) in [6, 6.07) is 0.586. The molecular formula is C16H26N4O. The van der Waals surface area contributed by atoms with Crippen molar-refractivity contribution in [2.45, 2.75) is 51.0 Å². The van der Waals surface area contributed by atoms with Crippen molar-refractivity contribution in [1.29, 1.82) is 0 Å². The molecule has 1 atom stereocenters. The molecule has 3 rings (SSSR count). The predicted molar refractivity (Wildman–Crippen MR) is 82.5 cm³/mol. The van der Waals surface area contributed by atoms with Crippen LogP contribution in [-0.4, -0.2) is 46.8 Å². The van der Waals surface area contributed by atoms with Crippen LogP contribution in [0.1, 0.15) is 53.8 Å². The van der Waals surface area contributed by atoms with Crippen LogP contribution in [0.5, 0.6) is 0 Å². The molecule has 1 aliphatic carbocycles. The topological polar surface area (TPSA) is 50.2 Å². The molecule has 0 spiro atoms. The summed E-state index contributed by atoms with van der Waals surface area (Å²) in [5.74, 6) is -0.0524. The maximum atomic E-state index is 12.0. The Kier molecular flexibility index (Phi) is 4.29. The number of hydrogen-bond acceptors (Lipinski definition) is 3. The first-order valence-corrected chi connectivity index (χ1v) is 8.21. The van der Waals surface area contributed by atoms with Crippen LogP contribution in [0.3, 0.4) is 0 Å². The van der Waals surface area contributed by atoms with Crippen molar-refractivity contribution >= 4 is 5.91 Å². The summed E-state index contributed by atoms with van der Waals surface area (Å²) in [5, 5.41) is 7.17. The largest absolute Gasteiger partial charge is 0.354 e. The number of aryl methyl sites for hydroxylation is 1. The van der Waals surface area contributed by atoms with Gasteiger partial charge in [-0.15, -0.1) is 0 Å². The minimum absolute atomic E-state index is 0.0524. The zero-order valence-corrected chi connectivity index (χ0v) is 13.2.